The second-order valence-electron chi connectivity index (χ2n) is 5.44. The van der Waals surface area contributed by atoms with Crippen molar-refractivity contribution in [3.05, 3.63) is 29.3 Å². The van der Waals surface area contributed by atoms with E-state index in [-0.39, 0.29) is 0 Å². The fourth-order valence-electron chi connectivity index (χ4n) is 2.92. The van der Waals surface area contributed by atoms with Crippen LogP contribution in [0.15, 0.2) is 18.2 Å². The molecule has 1 rings (SSSR count). The van der Waals surface area contributed by atoms with Crippen LogP contribution in [0.2, 0.25) is 0 Å². The SMILES string of the molecule is CCCC(CC)C(C)Cc1ccc(O)cc1CC. The molecule has 0 aliphatic rings. The highest BCUT2D eigenvalue weighted by Crippen LogP contribution is 2.27. The lowest BCUT2D eigenvalue weighted by Crippen LogP contribution is -2.14. The predicted octanol–water partition coefficient (Wildman–Crippen LogP) is 4.96. The molecule has 0 radical (unpaired) electrons. The molecular weight excluding hydrogens is 220 g/mol. The highest BCUT2D eigenvalue weighted by atomic mass is 16.3. The van der Waals surface area contributed by atoms with Crippen LogP contribution < -0.4 is 0 Å². The van der Waals surface area contributed by atoms with Crippen molar-refractivity contribution in [3.63, 3.8) is 0 Å². The van der Waals surface area contributed by atoms with Gasteiger partial charge in [-0.15, -0.1) is 0 Å². The number of aryl methyl sites for hydroxylation is 1. The van der Waals surface area contributed by atoms with Crippen LogP contribution in [0.25, 0.3) is 0 Å². The Bertz CT molecular complexity index is 357. The number of phenolic OH excluding ortho intramolecular Hbond substituents is 1. The van der Waals surface area contributed by atoms with Gasteiger partial charge in [0.25, 0.3) is 0 Å². The van der Waals surface area contributed by atoms with Gasteiger partial charge in [0, 0.05) is 0 Å². The second kappa shape index (κ2) is 7.45. The van der Waals surface area contributed by atoms with Gasteiger partial charge in [0.1, 0.15) is 5.75 Å². The first-order chi connectivity index (χ1) is 8.62. The van der Waals surface area contributed by atoms with Gasteiger partial charge in [-0.2, -0.15) is 0 Å². The van der Waals surface area contributed by atoms with E-state index in [0.717, 1.165) is 24.7 Å². The minimum atomic E-state index is 0.392. The van der Waals surface area contributed by atoms with E-state index in [0.29, 0.717) is 5.75 Å². The molecular formula is C17H28O. The van der Waals surface area contributed by atoms with Crippen molar-refractivity contribution in [2.24, 2.45) is 11.8 Å². The van der Waals surface area contributed by atoms with Crippen molar-refractivity contribution < 1.29 is 5.11 Å². The number of hydrogen-bond acceptors (Lipinski definition) is 1. The lowest BCUT2D eigenvalue weighted by molar-refractivity contribution is 0.320. The van der Waals surface area contributed by atoms with Crippen molar-refractivity contribution >= 4 is 0 Å². The first-order valence-electron chi connectivity index (χ1n) is 7.43. The Morgan fingerprint density at radius 1 is 1.11 bits per heavy atom. The summed E-state index contributed by atoms with van der Waals surface area (Å²) in [4.78, 5) is 0. The Hall–Kier alpha value is -0.980. The normalized spacial score (nSPS) is 14.4. The molecule has 0 aromatic heterocycles. The smallest absolute Gasteiger partial charge is 0.115 e. The third kappa shape index (κ3) is 4.04. The molecule has 0 aliphatic heterocycles. The summed E-state index contributed by atoms with van der Waals surface area (Å²) in [7, 11) is 0. The molecule has 18 heavy (non-hydrogen) atoms. The molecule has 1 nitrogen and oxygen atoms in total. The van der Waals surface area contributed by atoms with Gasteiger partial charge in [-0.25, -0.2) is 0 Å². The molecule has 0 saturated carbocycles. The number of rotatable bonds is 7. The molecule has 1 aromatic carbocycles. The Morgan fingerprint density at radius 3 is 2.39 bits per heavy atom. The van der Waals surface area contributed by atoms with Gasteiger partial charge in [-0.1, -0.05) is 53.0 Å². The van der Waals surface area contributed by atoms with Crippen molar-refractivity contribution in [2.45, 2.75) is 59.8 Å². The molecule has 1 aromatic rings. The van der Waals surface area contributed by atoms with Crippen LogP contribution in [0, 0.1) is 11.8 Å². The Balaban J connectivity index is 2.76. The largest absolute Gasteiger partial charge is 0.508 e. The van der Waals surface area contributed by atoms with E-state index in [1.54, 1.807) is 0 Å². The van der Waals surface area contributed by atoms with E-state index in [2.05, 4.69) is 33.8 Å². The third-order valence-electron chi connectivity index (χ3n) is 4.10. The van der Waals surface area contributed by atoms with Gasteiger partial charge < -0.3 is 5.11 Å². The van der Waals surface area contributed by atoms with E-state index in [1.807, 2.05) is 12.1 Å². The predicted molar refractivity (Wildman–Crippen MR) is 79.0 cm³/mol. The number of phenols is 1. The molecule has 0 saturated heterocycles. The van der Waals surface area contributed by atoms with Gasteiger partial charge in [-0.3, -0.25) is 0 Å². The summed E-state index contributed by atoms with van der Waals surface area (Å²) in [5.41, 5.74) is 2.71. The fraction of sp³-hybridized carbons (Fsp3) is 0.647. The molecule has 0 spiro atoms. The minimum absolute atomic E-state index is 0.392. The standard InChI is InChI=1S/C17H28O/c1-5-8-14(6-2)13(4)11-16-9-10-17(18)12-15(16)7-3/h9-10,12-14,18H,5-8,11H2,1-4H3. The topological polar surface area (TPSA) is 20.2 Å². The monoisotopic (exact) mass is 248 g/mol. The van der Waals surface area contributed by atoms with Gasteiger partial charge >= 0.3 is 0 Å². The maximum Gasteiger partial charge on any atom is 0.115 e. The lowest BCUT2D eigenvalue weighted by Gasteiger charge is -2.23. The lowest BCUT2D eigenvalue weighted by atomic mass is 9.82. The molecule has 102 valence electrons. The number of aromatic hydroxyl groups is 1. The van der Waals surface area contributed by atoms with Crippen molar-refractivity contribution in [2.75, 3.05) is 0 Å². The third-order valence-corrected chi connectivity index (χ3v) is 4.10. The molecule has 0 aliphatic carbocycles. The van der Waals surface area contributed by atoms with Gasteiger partial charge in [0.2, 0.25) is 0 Å². The van der Waals surface area contributed by atoms with Crippen LogP contribution in [-0.4, -0.2) is 5.11 Å². The van der Waals surface area contributed by atoms with Crippen molar-refractivity contribution in [3.8, 4) is 5.75 Å². The highest BCUT2D eigenvalue weighted by molar-refractivity contribution is 5.35. The number of benzene rings is 1. The summed E-state index contributed by atoms with van der Waals surface area (Å²) in [6.07, 6.45) is 6.02. The quantitative estimate of drug-likeness (QED) is 0.723. The average Bonchev–Trinajstić information content (AvgIpc) is 2.37. The molecule has 0 bridgehead atoms. The van der Waals surface area contributed by atoms with E-state index in [1.165, 1.54) is 30.4 Å². The molecule has 0 heterocycles. The molecule has 1 heteroatoms. The minimum Gasteiger partial charge on any atom is -0.508 e. The van der Waals surface area contributed by atoms with Crippen LogP contribution >= 0.6 is 0 Å². The first kappa shape index (κ1) is 15.1. The van der Waals surface area contributed by atoms with Gasteiger partial charge in [0.05, 0.1) is 0 Å². The first-order valence-corrected chi connectivity index (χ1v) is 7.43. The van der Waals surface area contributed by atoms with Crippen LogP contribution in [0.5, 0.6) is 5.75 Å². The summed E-state index contributed by atoms with van der Waals surface area (Å²) in [6, 6.07) is 5.84. The second-order valence-corrected chi connectivity index (χ2v) is 5.44. The maximum atomic E-state index is 9.54. The summed E-state index contributed by atoms with van der Waals surface area (Å²) >= 11 is 0. The van der Waals surface area contributed by atoms with Crippen LogP contribution in [0.1, 0.15) is 58.1 Å². The summed E-state index contributed by atoms with van der Waals surface area (Å²) in [6.45, 7) is 9.10. The molecule has 0 fully saturated rings. The molecule has 0 amide bonds. The van der Waals surface area contributed by atoms with Gasteiger partial charge in [0.15, 0.2) is 0 Å². The Kier molecular flexibility index (Phi) is 6.24. The Labute approximate surface area is 112 Å². The fourth-order valence-corrected chi connectivity index (χ4v) is 2.92. The van der Waals surface area contributed by atoms with Crippen molar-refractivity contribution in [1.29, 1.82) is 0 Å². The zero-order valence-corrected chi connectivity index (χ0v) is 12.4. The summed E-state index contributed by atoms with van der Waals surface area (Å²) in [5, 5.41) is 9.54. The highest BCUT2D eigenvalue weighted by Gasteiger charge is 2.16. The van der Waals surface area contributed by atoms with E-state index in [9.17, 15) is 5.11 Å². The van der Waals surface area contributed by atoms with Gasteiger partial charge in [-0.05, 0) is 47.9 Å². The zero-order chi connectivity index (χ0) is 13.5. The van der Waals surface area contributed by atoms with E-state index >= 15 is 0 Å². The van der Waals surface area contributed by atoms with Crippen LogP contribution in [0.3, 0.4) is 0 Å². The van der Waals surface area contributed by atoms with E-state index < -0.39 is 0 Å². The Morgan fingerprint density at radius 2 is 1.83 bits per heavy atom. The van der Waals surface area contributed by atoms with E-state index in [4.69, 9.17) is 0 Å². The molecule has 2 atom stereocenters. The number of hydrogen-bond donors (Lipinski definition) is 1. The van der Waals surface area contributed by atoms with Crippen molar-refractivity contribution in [1.82, 2.24) is 0 Å². The zero-order valence-electron chi connectivity index (χ0n) is 12.4. The molecule has 2 unspecified atom stereocenters. The maximum absolute atomic E-state index is 9.54. The average molecular weight is 248 g/mol. The summed E-state index contributed by atoms with van der Waals surface area (Å²) in [5.74, 6) is 1.95. The molecule has 1 N–H and O–H groups in total. The summed E-state index contributed by atoms with van der Waals surface area (Å²) < 4.78 is 0. The van der Waals surface area contributed by atoms with Crippen LogP contribution in [-0.2, 0) is 12.8 Å². The van der Waals surface area contributed by atoms with Crippen LogP contribution in [0.4, 0.5) is 0 Å².